The number of nitrogens with one attached hydrogen (secondary N) is 1. The van der Waals surface area contributed by atoms with E-state index in [0.29, 0.717) is 16.5 Å². The van der Waals surface area contributed by atoms with E-state index in [9.17, 15) is 35.9 Å². The monoisotopic (exact) mass is 549 g/mol. The Labute approximate surface area is 213 Å². The normalized spacial score (nSPS) is 11.3. The topological polar surface area (TPSA) is 123 Å². The van der Waals surface area contributed by atoms with E-state index >= 15 is 0 Å². The number of nitriles is 1. The lowest BCUT2D eigenvalue weighted by Crippen LogP contribution is -2.27. The first-order valence-corrected chi connectivity index (χ1v) is 10.6. The van der Waals surface area contributed by atoms with E-state index in [1.165, 1.54) is 18.2 Å². The van der Waals surface area contributed by atoms with Crippen molar-refractivity contribution >= 4 is 0 Å². The molecule has 0 unspecified atom stereocenters. The molecule has 0 spiro atoms. The van der Waals surface area contributed by atoms with Gasteiger partial charge in [0.15, 0.2) is 5.69 Å². The number of aromatic amines is 1. The summed E-state index contributed by atoms with van der Waals surface area (Å²) >= 11 is 0. The maximum Gasteiger partial charge on any atom is 0.437 e. The summed E-state index contributed by atoms with van der Waals surface area (Å²) in [5.74, 6) is -3.03. The summed E-state index contributed by atoms with van der Waals surface area (Å²) in [7, 11) is 0. The van der Waals surface area contributed by atoms with E-state index in [1.54, 1.807) is 6.07 Å². The van der Waals surface area contributed by atoms with Crippen LogP contribution in [0.25, 0.3) is 11.1 Å². The molecule has 2 heterocycles. The van der Waals surface area contributed by atoms with Crippen molar-refractivity contribution < 1.29 is 35.8 Å². The van der Waals surface area contributed by atoms with Gasteiger partial charge in [0.25, 0.3) is 11.1 Å². The largest absolute Gasteiger partial charge is 0.449 e. The molecule has 0 amide bonds. The molecule has 39 heavy (non-hydrogen) atoms. The molecular formula is C24H13F6N5O4. The highest BCUT2D eigenvalue weighted by Gasteiger charge is 2.39. The first-order valence-electron chi connectivity index (χ1n) is 10.6. The number of alkyl halides is 5. The number of rotatable bonds is 7. The lowest BCUT2D eigenvalue weighted by atomic mass is 10.1. The number of nitrogens with zero attached hydrogens (tertiary/aromatic N) is 4. The number of hydrogen-bond donors (Lipinski definition) is 1. The second-order valence-electron chi connectivity index (χ2n) is 7.75. The number of aromatic nitrogens is 4. The Kier molecular flexibility index (Phi) is 7.38. The summed E-state index contributed by atoms with van der Waals surface area (Å²) in [5.41, 5.74) is -3.64. The van der Waals surface area contributed by atoms with Crippen molar-refractivity contribution in [3.63, 3.8) is 0 Å². The molecular weight excluding hydrogens is 536 g/mol. The molecule has 0 atom stereocenters. The molecule has 2 aromatic carbocycles. The van der Waals surface area contributed by atoms with Gasteiger partial charge in [-0.25, -0.2) is 14.5 Å². The van der Waals surface area contributed by atoms with Gasteiger partial charge < -0.3 is 9.47 Å². The fourth-order valence-corrected chi connectivity index (χ4v) is 3.41. The van der Waals surface area contributed by atoms with Crippen LogP contribution in [0.4, 0.5) is 26.3 Å². The summed E-state index contributed by atoms with van der Waals surface area (Å²) < 4.78 is 89.5. The van der Waals surface area contributed by atoms with E-state index in [4.69, 9.17) is 10.00 Å². The predicted octanol–water partition coefficient (Wildman–Crippen LogP) is 4.47. The Bertz CT molecular complexity index is 1680. The molecule has 4 aromatic rings. The van der Waals surface area contributed by atoms with Gasteiger partial charge >= 0.3 is 12.8 Å². The maximum absolute atomic E-state index is 13.7. The summed E-state index contributed by atoms with van der Waals surface area (Å²) in [6.07, 6.45) is -4.58. The molecule has 9 nitrogen and oxygen atoms in total. The first-order chi connectivity index (χ1) is 18.4. The molecule has 4 rings (SSSR count). The number of hydrogen-bond acceptors (Lipinski definition) is 7. The van der Waals surface area contributed by atoms with Crippen molar-refractivity contribution in [2.45, 2.75) is 19.3 Å². The average Bonchev–Trinajstić information content (AvgIpc) is 2.87. The van der Waals surface area contributed by atoms with Gasteiger partial charge in [-0.05, 0) is 35.9 Å². The standard InChI is InChI=1S/C24H13F6N5O4/c25-14-3-1-13(2-4-14)18-7-15(33-34-21(18)36)10-35-11-32-20(24(28,29)30)19(22(35)37)38-16-5-12(9-31)6-17(8-16)39-23(26)27/h1-8,11,23H,10H2,(H,34,36). The Balaban J connectivity index is 1.75. The van der Waals surface area contributed by atoms with Crippen molar-refractivity contribution in [3.05, 3.63) is 98.3 Å². The number of ether oxygens (including phenoxy) is 2. The SMILES string of the molecule is N#Cc1cc(Oc2c(C(F)(F)F)ncn(Cc3cc(-c4ccc(F)cc4)c(=O)[nH]n3)c2=O)cc(OC(F)F)c1. The van der Waals surface area contributed by atoms with Crippen LogP contribution in [0.5, 0.6) is 17.2 Å². The van der Waals surface area contributed by atoms with E-state index in [0.717, 1.165) is 30.3 Å². The molecule has 0 radical (unpaired) electrons. The van der Waals surface area contributed by atoms with Crippen LogP contribution in [0.3, 0.4) is 0 Å². The van der Waals surface area contributed by atoms with Crippen molar-refractivity contribution in [1.82, 2.24) is 19.7 Å². The zero-order chi connectivity index (χ0) is 28.3. The minimum atomic E-state index is -5.16. The predicted molar refractivity (Wildman–Crippen MR) is 121 cm³/mol. The molecule has 0 bridgehead atoms. The maximum atomic E-state index is 13.7. The average molecular weight is 549 g/mol. The lowest BCUT2D eigenvalue weighted by molar-refractivity contribution is -0.142. The van der Waals surface area contributed by atoms with Crippen LogP contribution in [0, 0.1) is 17.1 Å². The molecule has 1 N–H and O–H groups in total. The molecule has 15 heteroatoms. The molecule has 0 saturated carbocycles. The number of benzene rings is 2. The Morgan fingerprint density at radius 2 is 1.74 bits per heavy atom. The summed E-state index contributed by atoms with van der Waals surface area (Å²) in [6, 6.07) is 10.3. The Hall–Kier alpha value is -5.13. The zero-order valence-corrected chi connectivity index (χ0v) is 19.2. The van der Waals surface area contributed by atoms with Gasteiger partial charge in [0.05, 0.1) is 35.8 Å². The van der Waals surface area contributed by atoms with Gasteiger partial charge in [0.1, 0.15) is 17.3 Å². The molecule has 0 aliphatic rings. The summed E-state index contributed by atoms with van der Waals surface area (Å²) in [6.45, 7) is -3.79. The van der Waals surface area contributed by atoms with Crippen molar-refractivity contribution in [2.24, 2.45) is 0 Å². The highest BCUT2D eigenvalue weighted by molar-refractivity contribution is 5.62. The van der Waals surface area contributed by atoms with E-state index in [1.807, 2.05) is 0 Å². The van der Waals surface area contributed by atoms with E-state index < -0.39 is 59.2 Å². The number of halogens is 6. The summed E-state index contributed by atoms with van der Waals surface area (Å²) in [4.78, 5) is 28.6. The van der Waals surface area contributed by atoms with Gasteiger partial charge in [-0.15, -0.1) is 0 Å². The molecule has 0 saturated heterocycles. The van der Waals surface area contributed by atoms with E-state index in [2.05, 4.69) is 19.9 Å². The van der Waals surface area contributed by atoms with Gasteiger partial charge in [-0.2, -0.15) is 32.3 Å². The van der Waals surface area contributed by atoms with Crippen LogP contribution in [-0.2, 0) is 12.7 Å². The Morgan fingerprint density at radius 1 is 1.05 bits per heavy atom. The third-order valence-electron chi connectivity index (χ3n) is 5.06. The smallest absolute Gasteiger partial charge is 0.437 e. The van der Waals surface area contributed by atoms with Crippen LogP contribution in [0.15, 0.2) is 64.4 Å². The van der Waals surface area contributed by atoms with Crippen LogP contribution >= 0.6 is 0 Å². The van der Waals surface area contributed by atoms with Crippen molar-refractivity contribution in [2.75, 3.05) is 0 Å². The lowest BCUT2D eigenvalue weighted by Gasteiger charge is -2.15. The van der Waals surface area contributed by atoms with Crippen LogP contribution < -0.4 is 20.6 Å². The fourth-order valence-electron chi connectivity index (χ4n) is 3.41. The second kappa shape index (κ2) is 10.7. The second-order valence-corrected chi connectivity index (χ2v) is 7.75. The molecule has 0 fully saturated rings. The van der Waals surface area contributed by atoms with Crippen LogP contribution in [-0.4, -0.2) is 26.4 Å². The quantitative estimate of drug-likeness (QED) is 0.338. The molecule has 0 aliphatic heterocycles. The van der Waals surface area contributed by atoms with Crippen molar-refractivity contribution in [3.8, 4) is 34.4 Å². The number of H-pyrrole nitrogens is 1. The Morgan fingerprint density at radius 3 is 2.38 bits per heavy atom. The fraction of sp³-hybridized carbons (Fsp3) is 0.125. The zero-order valence-electron chi connectivity index (χ0n) is 19.2. The highest BCUT2D eigenvalue weighted by Crippen LogP contribution is 2.35. The van der Waals surface area contributed by atoms with Gasteiger partial charge in [-0.3, -0.25) is 14.2 Å². The van der Waals surface area contributed by atoms with Gasteiger partial charge in [0, 0.05) is 6.07 Å². The minimum Gasteiger partial charge on any atom is -0.449 e. The first kappa shape index (κ1) is 26.9. The van der Waals surface area contributed by atoms with Gasteiger partial charge in [-0.1, -0.05) is 12.1 Å². The van der Waals surface area contributed by atoms with E-state index in [-0.39, 0.29) is 16.8 Å². The third-order valence-corrected chi connectivity index (χ3v) is 5.06. The van der Waals surface area contributed by atoms with Gasteiger partial charge in [0.2, 0.25) is 5.75 Å². The molecule has 200 valence electrons. The molecule has 2 aromatic heterocycles. The van der Waals surface area contributed by atoms with Crippen LogP contribution in [0.2, 0.25) is 0 Å². The van der Waals surface area contributed by atoms with Crippen LogP contribution in [0.1, 0.15) is 17.0 Å². The molecule has 0 aliphatic carbocycles. The third kappa shape index (κ3) is 6.24. The summed E-state index contributed by atoms with van der Waals surface area (Å²) in [5, 5.41) is 15.1. The highest BCUT2D eigenvalue weighted by atomic mass is 19.4. The minimum absolute atomic E-state index is 0.0163. The van der Waals surface area contributed by atoms with Crippen molar-refractivity contribution in [1.29, 1.82) is 5.26 Å².